The Morgan fingerprint density at radius 2 is 1.79 bits per heavy atom. The Morgan fingerprint density at radius 1 is 1.05 bits per heavy atom. The molecule has 2 atom stereocenters. The van der Waals surface area contributed by atoms with Gasteiger partial charge in [-0.05, 0) is 44.7 Å². The third kappa shape index (κ3) is 5.36. The molecule has 2 unspecified atom stereocenters. The molecule has 1 aromatic carbocycles. The fourth-order valence-electron chi connectivity index (χ4n) is 2.86. The topological polar surface area (TPSA) is 12.0 Å². The number of unbranched alkanes of at least 4 members (excludes halogenated alkanes) is 1. The van der Waals surface area contributed by atoms with E-state index in [1.54, 1.807) is 0 Å². The lowest BCUT2D eigenvalue weighted by molar-refractivity contribution is 0.395. The molecule has 0 radical (unpaired) electrons. The van der Waals surface area contributed by atoms with Crippen molar-refractivity contribution in [1.29, 1.82) is 0 Å². The van der Waals surface area contributed by atoms with Crippen molar-refractivity contribution >= 4 is 0 Å². The van der Waals surface area contributed by atoms with E-state index in [-0.39, 0.29) is 0 Å². The van der Waals surface area contributed by atoms with Crippen LogP contribution in [0.15, 0.2) is 18.2 Å². The minimum atomic E-state index is 0.453. The summed E-state index contributed by atoms with van der Waals surface area (Å²) in [6, 6.07) is 7.91. The van der Waals surface area contributed by atoms with Crippen molar-refractivity contribution < 1.29 is 0 Å². The van der Waals surface area contributed by atoms with E-state index in [0.29, 0.717) is 12.1 Å². The maximum Gasteiger partial charge on any atom is 0.0296 e. The molecular weight excluding hydrogens is 230 g/mol. The van der Waals surface area contributed by atoms with Gasteiger partial charge in [-0.15, -0.1) is 0 Å². The van der Waals surface area contributed by atoms with Crippen molar-refractivity contribution in [2.45, 2.75) is 78.8 Å². The lowest BCUT2D eigenvalue weighted by Crippen LogP contribution is -2.31. The number of benzene rings is 1. The van der Waals surface area contributed by atoms with Crippen LogP contribution < -0.4 is 5.32 Å². The zero-order valence-corrected chi connectivity index (χ0v) is 13.4. The second-order valence-corrected chi connectivity index (χ2v) is 5.88. The van der Waals surface area contributed by atoms with Gasteiger partial charge in [-0.25, -0.2) is 0 Å². The zero-order valence-electron chi connectivity index (χ0n) is 13.4. The van der Waals surface area contributed by atoms with Crippen LogP contribution in [0.25, 0.3) is 0 Å². The van der Waals surface area contributed by atoms with Crippen molar-refractivity contribution in [3.05, 3.63) is 34.9 Å². The zero-order chi connectivity index (χ0) is 14.3. The Hall–Kier alpha value is -0.820. The fraction of sp³-hybridized carbons (Fsp3) is 0.667. The molecular formula is C18H31N. The van der Waals surface area contributed by atoms with E-state index in [1.165, 1.54) is 48.8 Å². The Labute approximate surface area is 119 Å². The molecule has 0 aliphatic heterocycles. The first kappa shape index (κ1) is 16.2. The number of hydrogen-bond donors (Lipinski definition) is 1. The fourth-order valence-corrected chi connectivity index (χ4v) is 2.86. The van der Waals surface area contributed by atoms with Crippen LogP contribution in [-0.4, -0.2) is 6.04 Å². The van der Waals surface area contributed by atoms with Crippen LogP contribution in [0, 0.1) is 13.8 Å². The number of hydrogen-bond acceptors (Lipinski definition) is 1. The molecule has 1 aromatic rings. The van der Waals surface area contributed by atoms with Gasteiger partial charge in [-0.1, -0.05) is 56.9 Å². The predicted molar refractivity (Wildman–Crippen MR) is 85.7 cm³/mol. The van der Waals surface area contributed by atoms with Gasteiger partial charge in [0.25, 0.3) is 0 Å². The molecule has 19 heavy (non-hydrogen) atoms. The lowest BCUT2D eigenvalue weighted by atomic mass is 9.98. The highest BCUT2D eigenvalue weighted by atomic mass is 14.9. The number of nitrogens with one attached hydrogen (secondary N) is 1. The van der Waals surface area contributed by atoms with Crippen LogP contribution in [0.1, 0.15) is 75.6 Å². The minimum absolute atomic E-state index is 0.453. The largest absolute Gasteiger partial charge is 0.307 e. The summed E-state index contributed by atoms with van der Waals surface area (Å²) in [6.07, 6.45) is 6.48. The molecule has 0 spiro atoms. The van der Waals surface area contributed by atoms with E-state index in [4.69, 9.17) is 0 Å². The maximum absolute atomic E-state index is 3.83. The second-order valence-electron chi connectivity index (χ2n) is 5.88. The molecule has 1 rings (SSSR count). The van der Waals surface area contributed by atoms with Gasteiger partial charge in [0.2, 0.25) is 0 Å². The first-order valence-corrected chi connectivity index (χ1v) is 7.91. The summed E-state index contributed by atoms with van der Waals surface area (Å²) in [5, 5.41) is 3.83. The summed E-state index contributed by atoms with van der Waals surface area (Å²) in [5.74, 6) is 0. The van der Waals surface area contributed by atoms with Crippen molar-refractivity contribution in [1.82, 2.24) is 5.32 Å². The second kappa shape index (κ2) is 8.37. The minimum Gasteiger partial charge on any atom is -0.307 e. The third-order valence-electron chi connectivity index (χ3n) is 3.92. The SMILES string of the molecule is CCCCC(CCC)NC(C)c1ccc(C)cc1C. The Morgan fingerprint density at radius 3 is 2.37 bits per heavy atom. The molecule has 0 aromatic heterocycles. The highest BCUT2D eigenvalue weighted by Gasteiger charge is 2.13. The summed E-state index contributed by atoms with van der Waals surface area (Å²) in [6.45, 7) is 11.2. The standard InChI is InChI=1S/C18H31N/c1-6-8-10-17(9-7-2)19-16(5)18-12-11-14(3)13-15(18)4/h11-13,16-17,19H,6-10H2,1-5H3. The molecule has 0 aliphatic rings. The highest BCUT2D eigenvalue weighted by molar-refractivity contribution is 5.32. The molecule has 1 heteroatoms. The van der Waals surface area contributed by atoms with Gasteiger partial charge < -0.3 is 5.32 Å². The summed E-state index contributed by atoms with van der Waals surface area (Å²) in [4.78, 5) is 0. The van der Waals surface area contributed by atoms with Gasteiger partial charge in [-0.3, -0.25) is 0 Å². The summed E-state index contributed by atoms with van der Waals surface area (Å²) < 4.78 is 0. The maximum atomic E-state index is 3.83. The van der Waals surface area contributed by atoms with Crippen molar-refractivity contribution in [2.24, 2.45) is 0 Å². The van der Waals surface area contributed by atoms with Crippen molar-refractivity contribution in [3.8, 4) is 0 Å². The summed E-state index contributed by atoms with van der Waals surface area (Å²) in [5.41, 5.74) is 4.21. The quantitative estimate of drug-likeness (QED) is 0.668. The smallest absolute Gasteiger partial charge is 0.0296 e. The average molecular weight is 261 g/mol. The lowest BCUT2D eigenvalue weighted by Gasteiger charge is -2.24. The Kier molecular flexibility index (Phi) is 7.15. The number of rotatable bonds is 8. The van der Waals surface area contributed by atoms with Gasteiger partial charge in [0.1, 0.15) is 0 Å². The van der Waals surface area contributed by atoms with Crippen LogP contribution in [-0.2, 0) is 0 Å². The van der Waals surface area contributed by atoms with E-state index < -0.39 is 0 Å². The van der Waals surface area contributed by atoms with E-state index in [1.807, 2.05) is 0 Å². The Balaban J connectivity index is 2.66. The third-order valence-corrected chi connectivity index (χ3v) is 3.92. The van der Waals surface area contributed by atoms with E-state index >= 15 is 0 Å². The molecule has 1 nitrogen and oxygen atoms in total. The monoisotopic (exact) mass is 261 g/mol. The predicted octanol–water partition coefficient (Wildman–Crippen LogP) is 5.31. The van der Waals surface area contributed by atoms with Gasteiger partial charge in [0.15, 0.2) is 0 Å². The number of aryl methyl sites for hydroxylation is 2. The average Bonchev–Trinajstić information content (AvgIpc) is 2.36. The molecule has 0 aliphatic carbocycles. The molecule has 0 amide bonds. The van der Waals surface area contributed by atoms with Crippen LogP contribution in [0.2, 0.25) is 0 Å². The van der Waals surface area contributed by atoms with Gasteiger partial charge in [-0.2, -0.15) is 0 Å². The normalized spacial score (nSPS) is 14.4. The molecule has 0 saturated carbocycles. The van der Waals surface area contributed by atoms with Crippen LogP contribution in [0.3, 0.4) is 0 Å². The van der Waals surface area contributed by atoms with Gasteiger partial charge in [0, 0.05) is 12.1 Å². The van der Waals surface area contributed by atoms with Crippen molar-refractivity contribution in [2.75, 3.05) is 0 Å². The van der Waals surface area contributed by atoms with Crippen LogP contribution in [0.5, 0.6) is 0 Å². The highest BCUT2D eigenvalue weighted by Crippen LogP contribution is 2.20. The Bertz CT molecular complexity index is 370. The molecule has 0 heterocycles. The summed E-state index contributed by atoms with van der Waals surface area (Å²) in [7, 11) is 0. The van der Waals surface area contributed by atoms with Crippen molar-refractivity contribution in [3.63, 3.8) is 0 Å². The first-order valence-electron chi connectivity index (χ1n) is 7.91. The van der Waals surface area contributed by atoms with Gasteiger partial charge >= 0.3 is 0 Å². The van der Waals surface area contributed by atoms with E-state index in [9.17, 15) is 0 Å². The van der Waals surface area contributed by atoms with Crippen LogP contribution >= 0.6 is 0 Å². The van der Waals surface area contributed by atoms with Crippen LogP contribution in [0.4, 0.5) is 0 Å². The molecule has 1 N–H and O–H groups in total. The molecule has 0 saturated heterocycles. The molecule has 0 bridgehead atoms. The van der Waals surface area contributed by atoms with E-state index in [0.717, 1.165) is 0 Å². The molecule has 108 valence electrons. The molecule has 0 fully saturated rings. The first-order chi connectivity index (χ1) is 9.08. The van der Waals surface area contributed by atoms with Gasteiger partial charge in [0.05, 0.1) is 0 Å². The van der Waals surface area contributed by atoms with E-state index in [2.05, 4.69) is 58.1 Å². The summed E-state index contributed by atoms with van der Waals surface area (Å²) >= 11 is 0.